The number of aromatic nitrogens is 2. The molecule has 0 aliphatic carbocycles. The molecule has 5 heteroatoms. The van der Waals surface area contributed by atoms with Crippen LogP contribution in [-0.2, 0) is 0 Å². The molecule has 0 spiro atoms. The molecule has 0 fully saturated rings. The van der Waals surface area contributed by atoms with Crippen molar-refractivity contribution in [1.82, 2.24) is 9.78 Å². The lowest BCUT2D eigenvalue weighted by molar-refractivity contribution is 0.102. The van der Waals surface area contributed by atoms with Gasteiger partial charge in [0.2, 0.25) is 0 Å². The largest absolute Gasteiger partial charge is 0.322 e. The van der Waals surface area contributed by atoms with Crippen molar-refractivity contribution in [3.8, 4) is 5.69 Å². The Morgan fingerprint density at radius 3 is 2.57 bits per heavy atom. The summed E-state index contributed by atoms with van der Waals surface area (Å²) in [6.07, 6.45) is 1.60. The molecule has 4 nitrogen and oxygen atoms in total. The van der Waals surface area contributed by atoms with Crippen LogP contribution >= 0.6 is 15.9 Å². The van der Waals surface area contributed by atoms with Gasteiger partial charge in [0.05, 0.1) is 23.1 Å². The van der Waals surface area contributed by atoms with Gasteiger partial charge in [-0.3, -0.25) is 4.79 Å². The number of para-hydroxylation sites is 1. The Labute approximate surface area is 143 Å². The highest BCUT2D eigenvalue weighted by Crippen LogP contribution is 2.22. The van der Waals surface area contributed by atoms with Crippen molar-refractivity contribution in [2.45, 2.75) is 13.8 Å². The fraction of sp³-hybridized carbons (Fsp3) is 0.111. The van der Waals surface area contributed by atoms with E-state index in [1.165, 1.54) is 0 Å². The number of nitrogens with one attached hydrogen (secondary N) is 1. The molecule has 0 aliphatic heterocycles. The lowest BCUT2D eigenvalue weighted by Gasteiger charge is -2.08. The maximum Gasteiger partial charge on any atom is 0.259 e. The normalized spacial score (nSPS) is 10.6. The van der Waals surface area contributed by atoms with Crippen LogP contribution < -0.4 is 5.32 Å². The Kier molecular flexibility index (Phi) is 4.30. The molecular formula is C18H16BrN3O. The van der Waals surface area contributed by atoms with Crippen molar-refractivity contribution in [2.24, 2.45) is 0 Å². The summed E-state index contributed by atoms with van der Waals surface area (Å²) in [4.78, 5) is 12.5. The van der Waals surface area contributed by atoms with Crippen molar-refractivity contribution in [2.75, 3.05) is 5.32 Å². The smallest absolute Gasteiger partial charge is 0.259 e. The van der Waals surface area contributed by atoms with Crippen molar-refractivity contribution < 1.29 is 4.79 Å². The summed E-state index contributed by atoms with van der Waals surface area (Å²) >= 11 is 3.47. The van der Waals surface area contributed by atoms with Gasteiger partial charge in [0.25, 0.3) is 5.91 Å². The Morgan fingerprint density at radius 2 is 1.87 bits per heavy atom. The number of anilines is 1. The lowest BCUT2D eigenvalue weighted by atomic mass is 10.2. The van der Waals surface area contributed by atoms with Crippen LogP contribution in [0.1, 0.15) is 21.6 Å². The molecule has 3 rings (SSSR count). The van der Waals surface area contributed by atoms with E-state index < -0.39 is 0 Å². The summed E-state index contributed by atoms with van der Waals surface area (Å²) in [7, 11) is 0. The van der Waals surface area contributed by atoms with Crippen LogP contribution in [0, 0.1) is 13.8 Å². The molecule has 1 heterocycles. The Balaban J connectivity index is 1.86. The highest BCUT2D eigenvalue weighted by atomic mass is 79.9. The van der Waals surface area contributed by atoms with E-state index in [0.717, 1.165) is 27.1 Å². The van der Waals surface area contributed by atoms with Crippen LogP contribution in [0.3, 0.4) is 0 Å². The highest BCUT2D eigenvalue weighted by molar-refractivity contribution is 9.10. The number of hydrogen-bond donors (Lipinski definition) is 1. The summed E-state index contributed by atoms with van der Waals surface area (Å²) in [6, 6.07) is 15.5. The average molecular weight is 370 g/mol. The number of nitrogens with zero attached hydrogens (tertiary/aromatic N) is 2. The zero-order chi connectivity index (χ0) is 16.4. The molecule has 0 saturated heterocycles. The quantitative estimate of drug-likeness (QED) is 0.738. The van der Waals surface area contributed by atoms with E-state index in [1.807, 2.05) is 62.4 Å². The van der Waals surface area contributed by atoms with Gasteiger partial charge in [-0.25, -0.2) is 4.68 Å². The van der Waals surface area contributed by atoms with E-state index in [2.05, 4.69) is 26.3 Å². The van der Waals surface area contributed by atoms with Gasteiger partial charge in [-0.05, 0) is 43.7 Å². The first kappa shape index (κ1) is 15.5. The number of aryl methyl sites for hydroxylation is 1. The summed E-state index contributed by atoms with van der Waals surface area (Å²) in [5.74, 6) is -0.166. The molecule has 1 aromatic heterocycles. The molecule has 0 atom stereocenters. The zero-order valence-electron chi connectivity index (χ0n) is 12.9. The molecule has 2 aromatic carbocycles. The monoisotopic (exact) mass is 369 g/mol. The van der Waals surface area contributed by atoms with E-state index in [1.54, 1.807) is 10.9 Å². The summed E-state index contributed by atoms with van der Waals surface area (Å²) < 4.78 is 2.73. The van der Waals surface area contributed by atoms with Crippen molar-refractivity contribution >= 4 is 27.5 Å². The van der Waals surface area contributed by atoms with Crippen LogP contribution in [0.4, 0.5) is 5.69 Å². The van der Waals surface area contributed by atoms with Crippen LogP contribution in [0.15, 0.2) is 59.2 Å². The number of hydrogen-bond acceptors (Lipinski definition) is 2. The molecule has 23 heavy (non-hydrogen) atoms. The van der Waals surface area contributed by atoms with Gasteiger partial charge in [-0.2, -0.15) is 5.10 Å². The summed E-state index contributed by atoms with van der Waals surface area (Å²) in [6.45, 7) is 3.89. The molecule has 1 amide bonds. The Bertz CT molecular complexity index is 856. The fourth-order valence-corrected chi connectivity index (χ4v) is 2.71. The first-order valence-electron chi connectivity index (χ1n) is 7.24. The van der Waals surface area contributed by atoms with Gasteiger partial charge in [0.1, 0.15) is 0 Å². The van der Waals surface area contributed by atoms with Gasteiger partial charge in [0.15, 0.2) is 0 Å². The number of benzene rings is 2. The van der Waals surface area contributed by atoms with Gasteiger partial charge < -0.3 is 5.32 Å². The van der Waals surface area contributed by atoms with Crippen LogP contribution in [-0.4, -0.2) is 15.7 Å². The van der Waals surface area contributed by atoms with Gasteiger partial charge in [-0.1, -0.05) is 40.2 Å². The summed E-state index contributed by atoms with van der Waals surface area (Å²) in [5, 5.41) is 7.24. The second-order valence-electron chi connectivity index (χ2n) is 5.31. The molecule has 0 aliphatic rings. The van der Waals surface area contributed by atoms with Crippen LogP contribution in [0.2, 0.25) is 0 Å². The van der Waals surface area contributed by atoms with E-state index in [4.69, 9.17) is 0 Å². The van der Waals surface area contributed by atoms with E-state index >= 15 is 0 Å². The third-order valence-electron chi connectivity index (χ3n) is 3.68. The Hall–Kier alpha value is -2.40. The second-order valence-corrected chi connectivity index (χ2v) is 6.16. The predicted octanol–water partition coefficient (Wildman–Crippen LogP) is 4.50. The lowest BCUT2D eigenvalue weighted by Crippen LogP contribution is -2.13. The molecule has 0 bridgehead atoms. The number of amides is 1. The molecule has 0 unspecified atom stereocenters. The molecule has 1 N–H and O–H groups in total. The standard InChI is InChI=1S/C18H16BrN3O/c1-12-8-9-14(10-17(12)19)21-18(23)16-11-20-22(13(16)2)15-6-4-3-5-7-15/h3-11H,1-2H3,(H,21,23). The molecule has 0 radical (unpaired) electrons. The van der Waals surface area contributed by atoms with Crippen molar-refractivity contribution in [1.29, 1.82) is 0 Å². The van der Waals surface area contributed by atoms with Crippen LogP contribution in [0.5, 0.6) is 0 Å². The number of halogens is 1. The van der Waals surface area contributed by atoms with Crippen molar-refractivity contribution in [3.05, 3.63) is 76.0 Å². The van der Waals surface area contributed by atoms with Crippen LogP contribution in [0.25, 0.3) is 5.69 Å². The first-order valence-corrected chi connectivity index (χ1v) is 8.03. The second kappa shape index (κ2) is 6.38. The van der Waals surface area contributed by atoms with Gasteiger partial charge in [0, 0.05) is 10.2 Å². The molecular weight excluding hydrogens is 354 g/mol. The predicted molar refractivity (Wildman–Crippen MR) is 95.1 cm³/mol. The number of rotatable bonds is 3. The SMILES string of the molecule is Cc1ccc(NC(=O)c2cnn(-c3ccccc3)c2C)cc1Br. The fourth-order valence-electron chi connectivity index (χ4n) is 2.33. The third kappa shape index (κ3) is 3.19. The topological polar surface area (TPSA) is 46.9 Å². The first-order chi connectivity index (χ1) is 11.1. The van der Waals surface area contributed by atoms with Gasteiger partial charge >= 0.3 is 0 Å². The molecule has 3 aromatic rings. The zero-order valence-corrected chi connectivity index (χ0v) is 14.5. The minimum atomic E-state index is -0.166. The summed E-state index contributed by atoms with van der Waals surface area (Å²) in [5.41, 5.74) is 4.17. The third-order valence-corrected chi connectivity index (χ3v) is 4.54. The van der Waals surface area contributed by atoms with E-state index in [9.17, 15) is 4.79 Å². The minimum Gasteiger partial charge on any atom is -0.322 e. The highest BCUT2D eigenvalue weighted by Gasteiger charge is 2.15. The average Bonchev–Trinajstić information content (AvgIpc) is 2.93. The number of carbonyl (C=O) groups excluding carboxylic acids is 1. The van der Waals surface area contributed by atoms with Crippen molar-refractivity contribution in [3.63, 3.8) is 0 Å². The van der Waals surface area contributed by atoms with E-state index in [0.29, 0.717) is 5.56 Å². The Morgan fingerprint density at radius 1 is 1.13 bits per heavy atom. The number of carbonyl (C=O) groups is 1. The molecule has 0 saturated carbocycles. The minimum absolute atomic E-state index is 0.166. The van der Waals surface area contributed by atoms with E-state index in [-0.39, 0.29) is 5.91 Å². The maximum atomic E-state index is 12.5. The van der Waals surface area contributed by atoms with Gasteiger partial charge in [-0.15, -0.1) is 0 Å². The molecule has 116 valence electrons. The maximum absolute atomic E-state index is 12.5.